The molecule has 1 heterocycles. The van der Waals surface area contributed by atoms with Crippen molar-refractivity contribution in [1.29, 1.82) is 0 Å². The molecule has 16 heavy (non-hydrogen) atoms. The lowest BCUT2D eigenvalue weighted by atomic mass is 10.1. The Labute approximate surface area is 99.1 Å². The Balaban J connectivity index is 2.53. The van der Waals surface area contributed by atoms with Gasteiger partial charge in [0.15, 0.2) is 0 Å². The highest BCUT2D eigenvalue weighted by atomic mass is 32.2. The molecule has 4 nitrogen and oxygen atoms in total. The van der Waals surface area contributed by atoms with Crippen LogP contribution in [0.1, 0.15) is 33.1 Å². The lowest BCUT2D eigenvalue weighted by Gasteiger charge is -2.28. The average molecular weight is 248 g/mol. The number of likely N-dealkylation sites (tertiary alicyclic amines) is 1. The van der Waals surface area contributed by atoms with Crippen LogP contribution in [0.4, 0.5) is 0 Å². The number of nitrogens with zero attached hydrogens (tertiary/aromatic N) is 1. The number of nitrogens with two attached hydrogens (primary N) is 1. The van der Waals surface area contributed by atoms with Crippen molar-refractivity contribution in [3.63, 3.8) is 0 Å². The largest absolute Gasteiger partial charge is 0.324 e. The van der Waals surface area contributed by atoms with Gasteiger partial charge in [0.1, 0.15) is 9.84 Å². The molecule has 0 bridgehead atoms. The van der Waals surface area contributed by atoms with Crippen LogP contribution in [0.15, 0.2) is 0 Å². The quantitative estimate of drug-likeness (QED) is 0.795. The van der Waals surface area contributed by atoms with E-state index in [0.717, 1.165) is 38.9 Å². The molecule has 1 fully saturated rings. The minimum atomic E-state index is -2.87. The fourth-order valence-electron chi connectivity index (χ4n) is 2.29. The van der Waals surface area contributed by atoms with Gasteiger partial charge in [-0.15, -0.1) is 0 Å². The van der Waals surface area contributed by atoms with Crippen LogP contribution in [0.25, 0.3) is 0 Å². The van der Waals surface area contributed by atoms with E-state index < -0.39 is 9.84 Å². The molecule has 5 heteroatoms. The van der Waals surface area contributed by atoms with E-state index in [1.54, 1.807) is 0 Å². The number of rotatable bonds is 3. The van der Waals surface area contributed by atoms with E-state index in [9.17, 15) is 8.42 Å². The molecule has 96 valence electrons. The molecule has 1 aliphatic heterocycles. The van der Waals surface area contributed by atoms with E-state index in [-0.39, 0.29) is 10.8 Å². The Kier molecular flexibility index (Phi) is 4.37. The highest BCUT2D eigenvalue weighted by Gasteiger charge is 2.26. The third-order valence-corrected chi connectivity index (χ3v) is 4.69. The van der Waals surface area contributed by atoms with Gasteiger partial charge in [0.05, 0.1) is 5.25 Å². The molecule has 1 atom stereocenters. The topological polar surface area (TPSA) is 63.4 Å². The normalized spacial score (nSPS) is 25.4. The summed E-state index contributed by atoms with van der Waals surface area (Å²) < 4.78 is 23.0. The van der Waals surface area contributed by atoms with E-state index in [2.05, 4.69) is 4.90 Å². The predicted octanol–water partition coefficient (Wildman–Crippen LogP) is 0.623. The van der Waals surface area contributed by atoms with Gasteiger partial charge >= 0.3 is 0 Å². The Morgan fingerprint density at radius 3 is 2.44 bits per heavy atom. The Morgan fingerprint density at radius 1 is 1.31 bits per heavy atom. The first-order chi connectivity index (χ1) is 7.18. The number of hydrogen-bond acceptors (Lipinski definition) is 4. The van der Waals surface area contributed by atoms with Gasteiger partial charge in [-0.25, -0.2) is 8.42 Å². The molecule has 0 aliphatic carbocycles. The zero-order valence-electron chi connectivity index (χ0n) is 10.6. The van der Waals surface area contributed by atoms with Crippen molar-refractivity contribution in [2.45, 2.75) is 43.9 Å². The maximum Gasteiger partial charge on any atom is 0.150 e. The van der Waals surface area contributed by atoms with Crippen molar-refractivity contribution in [2.24, 2.45) is 5.73 Å². The third-order valence-electron chi connectivity index (χ3n) is 3.00. The summed E-state index contributed by atoms with van der Waals surface area (Å²) in [7, 11) is -2.87. The standard InChI is InChI=1S/C11H24N2O2S/c1-11(2,12)9-13-7-4-5-10(6-8-13)16(3,14)15/h10H,4-9,12H2,1-3H3. The maximum absolute atomic E-state index is 11.5. The molecule has 0 amide bonds. The second-order valence-electron chi connectivity index (χ2n) is 5.65. The first-order valence-corrected chi connectivity index (χ1v) is 7.84. The molecule has 2 N–H and O–H groups in total. The second kappa shape index (κ2) is 5.02. The first-order valence-electron chi connectivity index (χ1n) is 5.88. The first kappa shape index (κ1) is 13.9. The number of hydrogen-bond donors (Lipinski definition) is 1. The van der Waals surface area contributed by atoms with Gasteiger partial charge in [-0.2, -0.15) is 0 Å². The highest BCUT2D eigenvalue weighted by molar-refractivity contribution is 7.91. The van der Waals surface area contributed by atoms with Crippen LogP contribution in [-0.2, 0) is 9.84 Å². The second-order valence-corrected chi connectivity index (χ2v) is 7.97. The maximum atomic E-state index is 11.5. The molecule has 1 saturated heterocycles. The lowest BCUT2D eigenvalue weighted by Crippen LogP contribution is -2.45. The third kappa shape index (κ3) is 4.80. The molecule has 1 unspecified atom stereocenters. The molecule has 0 aromatic rings. The lowest BCUT2D eigenvalue weighted by molar-refractivity contribution is 0.233. The average Bonchev–Trinajstić information content (AvgIpc) is 2.25. The van der Waals surface area contributed by atoms with Crippen molar-refractivity contribution in [1.82, 2.24) is 4.90 Å². The van der Waals surface area contributed by atoms with Gasteiger partial charge in [-0.1, -0.05) is 0 Å². The summed E-state index contributed by atoms with van der Waals surface area (Å²) in [6.45, 7) is 6.66. The smallest absolute Gasteiger partial charge is 0.150 e. The number of sulfone groups is 1. The zero-order chi connectivity index (χ0) is 12.4. The van der Waals surface area contributed by atoms with Gasteiger partial charge in [-0.3, -0.25) is 0 Å². The molecule has 1 rings (SSSR count). The van der Waals surface area contributed by atoms with Crippen LogP contribution in [0.5, 0.6) is 0 Å². The van der Waals surface area contributed by atoms with Crippen LogP contribution in [0, 0.1) is 0 Å². The fraction of sp³-hybridized carbons (Fsp3) is 1.00. The van der Waals surface area contributed by atoms with Crippen LogP contribution in [-0.4, -0.2) is 50.0 Å². The molecule has 1 aliphatic rings. The van der Waals surface area contributed by atoms with Crippen LogP contribution >= 0.6 is 0 Å². The van der Waals surface area contributed by atoms with Crippen molar-refractivity contribution in [2.75, 3.05) is 25.9 Å². The Morgan fingerprint density at radius 2 is 1.94 bits per heavy atom. The van der Waals surface area contributed by atoms with Crippen molar-refractivity contribution < 1.29 is 8.42 Å². The van der Waals surface area contributed by atoms with E-state index in [1.165, 1.54) is 6.26 Å². The van der Waals surface area contributed by atoms with Gasteiger partial charge in [0.25, 0.3) is 0 Å². The van der Waals surface area contributed by atoms with Gasteiger partial charge in [-0.05, 0) is 46.2 Å². The Hall–Kier alpha value is -0.130. The monoisotopic (exact) mass is 248 g/mol. The van der Waals surface area contributed by atoms with Crippen molar-refractivity contribution in [3.8, 4) is 0 Å². The van der Waals surface area contributed by atoms with Crippen molar-refractivity contribution in [3.05, 3.63) is 0 Å². The SMILES string of the molecule is CC(C)(N)CN1CCCC(S(C)(=O)=O)CC1. The van der Waals surface area contributed by atoms with Gasteiger partial charge in [0, 0.05) is 18.3 Å². The summed E-state index contributed by atoms with van der Waals surface area (Å²) in [5.41, 5.74) is 5.77. The summed E-state index contributed by atoms with van der Waals surface area (Å²) in [5.74, 6) is 0. The molecule has 0 aromatic carbocycles. The van der Waals surface area contributed by atoms with E-state index >= 15 is 0 Å². The Bertz CT molecular complexity index is 319. The van der Waals surface area contributed by atoms with Crippen LogP contribution in [0.2, 0.25) is 0 Å². The summed E-state index contributed by atoms with van der Waals surface area (Å²) >= 11 is 0. The molecule has 0 saturated carbocycles. The molecule has 0 spiro atoms. The highest BCUT2D eigenvalue weighted by Crippen LogP contribution is 2.18. The molecular formula is C11H24N2O2S. The van der Waals surface area contributed by atoms with Crippen LogP contribution in [0.3, 0.4) is 0 Å². The molecule has 0 radical (unpaired) electrons. The minimum Gasteiger partial charge on any atom is -0.324 e. The summed E-state index contributed by atoms with van der Waals surface area (Å²) in [4.78, 5) is 2.28. The zero-order valence-corrected chi connectivity index (χ0v) is 11.4. The predicted molar refractivity (Wildman–Crippen MR) is 67.2 cm³/mol. The van der Waals surface area contributed by atoms with Gasteiger partial charge in [0.2, 0.25) is 0 Å². The van der Waals surface area contributed by atoms with E-state index in [4.69, 9.17) is 5.73 Å². The van der Waals surface area contributed by atoms with Gasteiger partial charge < -0.3 is 10.6 Å². The summed E-state index contributed by atoms with van der Waals surface area (Å²) in [6, 6.07) is 0. The van der Waals surface area contributed by atoms with Crippen molar-refractivity contribution >= 4 is 9.84 Å². The molecular weight excluding hydrogens is 224 g/mol. The minimum absolute atomic E-state index is 0.154. The van der Waals surface area contributed by atoms with E-state index in [1.807, 2.05) is 13.8 Å². The summed E-state index contributed by atoms with van der Waals surface area (Å²) in [5, 5.41) is -0.154. The van der Waals surface area contributed by atoms with E-state index in [0.29, 0.717) is 0 Å². The summed E-state index contributed by atoms with van der Waals surface area (Å²) in [6.07, 6.45) is 3.84. The van der Waals surface area contributed by atoms with Crippen LogP contribution < -0.4 is 5.73 Å². The fourth-order valence-corrected chi connectivity index (χ4v) is 3.42. The molecule has 0 aromatic heterocycles.